The number of carboxylic acid groups (broad SMARTS) is 1. The van der Waals surface area contributed by atoms with Gasteiger partial charge in [0.25, 0.3) is 5.91 Å². The second-order valence-corrected chi connectivity index (χ2v) is 8.09. The minimum Gasteiger partial charge on any atom is -0.481 e. The van der Waals surface area contributed by atoms with Gasteiger partial charge in [0.1, 0.15) is 5.78 Å². The van der Waals surface area contributed by atoms with E-state index in [0.29, 0.717) is 21.0 Å². The molecule has 1 aliphatic rings. The number of hydrogen-bond acceptors (Lipinski definition) is 10. The highest BCUT2D eigenvalue weighted by molar-refractivity contribution is 7.14. The smallest absolute Gasteiger partial charge is 0.314 e. The monoisotopic (exact) mass is 483 g/mol. The maximum absolute atomic E-state index is 11.4. The minimum atomic E-state index is -1.00. The van der Waals surface area contributed by atoms with Crippen molar-refractivity contribution >= 4 is 63.2 Å². The maximum atomic E-state index is 11.4. The first-order valence-corrected chi connectivity index (χ1v) is 10.7. The third-order valence-corrected chi connectivity index (χ3v) is 5.37. The Balaban J connectivity index is 0.000000267. The van der Waals surface area contributed by atoms with Crippen LogP contribution in [0.4, 0.5) is 5.00 Å². The molecule has 0 unspecified atom stereocenters. The highest BCUT2D eigenvalue weighted by Crippen LogP contribution is 2.18. The van der Waals surface area contributed by atoms with Gasteiger partial charge >= 0.3 is 17.9 Å². The summed E-state index contributed by atoms with van der Waals surface area (Å²) in [5.74, 6) is -3.03. The first-order chi connectivity index (χ1) is 15.0. The molecule has 0 aromatic carbocycles. The highest BCUT2D eigenvalue weighted by atomic mass is 32.1. The van der Waals surface area contributed by atoms with E-state index in [0.717, 1.165) is 0 Å². The summed E-state index contributed by atoms with van der Waals surface area (Å²) in [6, 6.07) is 3.18. The van der Waals surface area contributed by atoms with Crippen LogP contribution >= 0.6 is 22.7 Å². The second-order valence-electron chi connectivity index (χ2n) is 6.14. The van der Waals surface area contributed by atoms with Crippen molar-refractivity contribution in [1.29, 1.82) is 0 Å². The average Bonchev–Trinajstić information content (AvgIpc) is 3.43. The Labute approximate surface area is 190 Å². The molecule has 1 saturated heterocycles. The lowest BCUT2D eigenvalue weighted by atomic mass is 10.1. The van der Waals surface area contributed by atoms with Crippen molar-refractivity contribution in [2.75, 3.05) is 5.73 Å². The van der Waals surface area contributed by atoms with Crippen LogP contribution in [0.5, 0.6) is 0 Å². The number of carboxylic acids is 1. The van der Waals surface area contributed by atoms with Gasteiger partial charge in [0.15, 0.2) is 0 Å². The van der Waals surface area contributed by atoms with Gasteiger partial charge in [-0.25, -0.2) is 0 Å². The number of ketones is 1. The fourth-order valence-corrected chi connectivity index (χ4v) is 3.72. The molecule has 2 amide bonds. The quantitative estimate of drug-likeness (QED) is 0.327. The normalized spacial score (nSPS) is 12.0. The lowest BCUT2D eigenvalue weighted by molar-refractivity contribution is -0.152. The Morgan fingerprint density at radius 2 is 1.44 bits per heavy atom. The summed E-state index contributed by atoms with van der Waals surface area (Å²) in [6.45, 7) is 0. The number of Topliss-reactive ketones (excluding diaryl/α,β-unsaturated/α-hetero) is 1. The Morgan fingerprint density at radius 3 is 1.81 bits per heavy atom. The molecule has 3 heterocycles. The number of nitrogen functional groups attached to an aromatic ring is 1. The summed E-state index contributed by atoms with van der Waals surface area (Å²) in [5, 5.41) is 12.3. The van der Waals surface area contributed by atoms with E-state index in [2.05, 4.69) is 4.74 Å². The van der Waals surface area contributed by atoms with E-state index in [4.69, 9.17) is 22.3 Å². The third-order valence-electron chi connectivity index (χ3n) is 3.71. The molecule has 1 fully saturated rings. The summed E-state index contributed by atoms with van der Waals surface area (Å²) < 4.78 is 4.08. The molecule has 11 nitrogen and oxygen atoms in total. The van der Waals surface area contributed by atoms with E-state index in [1.54, 1.807) is 22.9 Å². The number of primary amides is 2. The summed E-state index contributed by atoms with van der Waals surface area (Å²) >= 11 is 2.58. The zero-order chi connectivity index (χ0) is 24.3. The van der Waals surface area contributed by atoms with Crippen LogP contribution in [-0.4, -0.2) is 40.6 Å². The number of carbonyl (C=O) groups excluding carboxylic acids is 5. The maximum Gasteiger partial charge on any atom is 0.314 e. The molecule has 0 atom stereocenters. The molecule has 0 radical (unpaired) electrons. The van der Waals surface area contributed by atoms with Crippen LogP contribution in [0.3, 0.4) is 0 Å². The van der Waals surface area contributed by atoms with E-state index >= 15 is 0 Å². The van der Waals surface area contributed by atoms with Gasteiger partial charge in [-0.2, -0.15) is 0 Å². The van der Waals surface area contributed by atoms with Gasteiger partial charge in [0.2, 0.25) is 5.91 Å². The predicted molar refractivity (Wildman–Crippen MR) is 116 cm³/mol. The third kappa shape index (κ3) is 9.49. The fourth-order valence-electron chi connectivity index (χ4n) is 2.17. The summed E-state index contributed by atoms with van der Waals surface area (Å²) in [4.78, 5) is 63.6. The largest absolute Gasteiger partial charge is 0.481 e. The standard InChI is InChI=1S/C10H11NO4S.C5H6N2OS.C4H4O3/c11-10(15)7-3-4-16-8(7)5-6(12)1-2-9(13)14;6-4(8)3-1-2-9-5(3)7;5-3-1-2-4(6)7-3/h3-4H,1-2,5H2,(H2,11,15)(H,13,14);1-2H,7H2,(H2,6,8);1-2H2. The van der Waals surface area contributed by atoms with Crippen LogP contribution in [0, 0.1) is 0 Å². The summed E-state index contributed by atoms with van der Waals surface area (Å²) in [5.41, 5.74) is 16.2. The lowest BCUT2D eigenvalue weighted by Crippen LogP contribution is -2.14. The molecule has 2 aromatic heterocycles. The van der Waals surface area contributed by atoms with Crippen LogP contribution in [0.2, 0.25) is 0 Å². The average molecular weight is 484 g/mol. The Morgan fingerprint density at radius 1 is 0.906 bits per heavy atom. The van der Waals surface area contributed by atoms with Gasteiger partial charge in [-0.15, -0.1) is 22.7 Å². The van der Waals surface area contributed by atoms with Gasteiger partial charge in [-0.3, -0.25) is 28.8 Å². The van der Waals surface area contributed by atoms with Crippen molar-refractivity contribution in [1.82, 2.24) is 0 Å². The molecule has 0 saturated carbocycles. The van der Waals surface area contributed by atoms with Crippen molar-refractivity contribution in [3.63, 3.8) is 0 Å². The molecule has 32 heavy (non-hydrogen) atoms. The first kappa shape index (κ1) is 26.5. The molecule has 7 N–H and O–H groups in total. The topological polar surface area (TPSA) is 210 Å². The number of esters is 2. The van der Waals surface area contributed by atoms with Gasteiger partial charge < -0.3 is 27.0 Å². The predicted octanol–water partition coefficient (Wildman–Crippen LogP) is 1.10. The molecule has 0 bridgehead atoms. The fraction of sp³-hybridized carbons (Fsp3) is 0.263. The zero-order valence-electron chi connectivity index (χ0n) is 16.7. The van der Waals surface area contributed by atoms with Gasteiger partial charge in [0.05, 0.1) is 35.4 Å². The van der Waals surface area contributed by atoms with Crippen molar-refractivity contribution in [2.45, 2.75) is 32.1 Å². The van der Waals surface area contributed by atoms with Crippen molar-refractivity contribution in [2.24, 2.45) is 11.5 Å². The second kappa shape index (κ2) is 13.0. The van der Waals surface area contributed by atoms with Crippen LogP contribution in [-0.2, 0) is 30.3 Å². The molecule has 3 rings (SSSR count). The van der Waals surface area contributed by atoms with Crippen LogP contribution in [0.15, 0.2) is 22.9 Å². The minimum absolute atomic E-state index is 0.0224. The Kier molecular flexibility index (Phi) is 10.7. The van der Waals surface area contributed by atoms with E-state index in [1.165, 1.54) is 22.7 Å². The van der Waals surface area contributed by atoms with E-state index in [9.17, 15) is 28.8 Å². The number of aliphatic carboxylic acids is 1. The van der Waals surface area contributed by atoms with Crippen LogP contribution < -0.4 is 17.2 Å². The number of ether oxygens (including phenoxy) is 1. The number of carbonyl (C=O) groups is 6. The molecule has 0 spiro atoms. The van der Waals surface area contributed by atoms with Gasteiger partial charge in [-0.1, -0.05) is 0 Å². The number of thiophene rings is 2. The Hall–Kier alpha value is -3.58. The molecular weight excluding hydrogens is 462 g/mol. The highest BCUT2D eigenvalue weighted by Gasteiger charge is 2.19. The molecule has 0 aliphatic carbocycles. The SMILES string of the molecule is NC(=O)c1ccsc1CC(=O)CCC(=O)O.NC(=O)c1ccsc1N.O=C1CCC(=O)O1. The van der Waals surface area contributed by atoms with Gasteiger partial charge in [0, 0.05) is 17.7 Å². The molecule has 13 heteroatoms. The number of rotatable bonds is 7. The number of nitrogens with two attached hydrogens (primary N) is 3. The van der Waals surface area contributed by atoms with E-state index in [-0.39, 0.29) is 37.9 Å². The van der Waals surface area contributed by atoms with Crippen molar-refractivity contribution in [3.05, 3.63) is 38.9 Å². The lowest BCUT2D eigenvalue weighted by Gasteiger charge is -1.99. The molecule has 172 valence electrons. The summed E-state index contributed by atoms with van der Waals surface area (Å²) in [7, 11) is 0. The molecule has 2 aromatic rings. The van der Waals surface area contributed by atoms with Gasteiger partial charge in [-0.05, 0) is 22.9 Å². The number of cyclic esters (lactones) is 2. The van der Waals surface area contributed by atoms with E-state index in [1.807, 2.05) is 0 Å². The number of hydrogen-bond donors (Lipinski definition) is 4. The Bertz CT molecular complexity index is 998. The van der Waals surface area contributed by atoms with Crippen LogP contribution in [0.1, 0.15) is 51.3 Å². The molecular formula is C19H21N3O8S2. The molecule has 1 aliphatic heterocycles. The van der Waals surface area contributed by atoms with Crippen molar-refractivity contribution < 1.29 is 38.6 Å². The van der Waals surface area contributed by atoms with E-state index < -0.39 is 29.7 Å². The first-order valence-electron chi connectivity index (χ1n) is 8.97. The number of anilines is 1. The summed E-state index contributed by atoms with van der Waals surface area (Å²) in [6.07, 6.45) is 0.391. The van der Waals surface area contributed by atoms with Crippen molar-refractivity contribution in [3.8, 4) is 0 Å². The zero-order valence-corrected chi connectivity index (χ0v) is 18.3. The number of amides is 2. The van der Waals surface area contributed by atoms with Crippen LogP contribution in [0.25, 0.3) is 0 Å².